The van der Waals surface area contributed by atoms with E-state index in [4.69, 9.17) is 0 Å². The summed E-state index contributed by atoms with van der Waals surface area (Å²) in [7, 11) is 0. The lowest BCUT2D eigenvalue weighted by Gasteiger charge is -1.97. The number of fused-ring (bicyclic) bond motifs is 1. The Morgan fingerprint density at radius 2 is 2.12 bits per heavy atom. The molecule has 2 aromatic rings. The smallest absolute Gasteiger partial charge is 0.307 e. The lowest BCUT2D eigenvalue weighted by molar-refractivity contribution is -0.139. The molecule has 3 rings (SSSR count). The predicted octanol–water partition coefficient (Wildman–Crippen LogP) is 3.12. The second-order valence-corrected chi connectivity index (χ2v) is 6.20. The monoisotopic (exact) mass is 247 g/mol. The fraction of sp³-hybridized carbons (Fsp3) is 0.385. The third-order valence-electron chi connectivity index (χ3n) is 3.67. The summed E-state index contributed by atoms with van der Waals surface area (Å²) in [5.41, 5.74) is 0.805. The molecular weight excluding hydrogens is 234 g/mol. The summed E-state index contributed by atoms with van der Waals surface area (Å²) >= 11 is 1.62. The molecule has 3 nitrogen and oxygen atoms in total. The molecule has 88 valence electrons. The Morgan fingerprint density at radius 3 is 2.71 bits per heavy atom. The Bertz CT molecular complexity index is 569. The number of para-hydroxylation sites is 1. The van der Waals surface area contributed by atoms with Crippen molar-refractivity contribution in [2.24, 2.45) is 11.3 Å². The van der Waals surface area contributed by atoms with Gasteiger partial charge < -0.3 is 5.11 Å². The summed E-state index contributed by atoms with van der Waals surface area (Å²) < 4.78 is 1.13. The summed E-state index contributed by atoms with van der Waals surface area (Å²) in [6.07, 6.45) is 0. The van der Waals surface area contributed by atoms with Crippen molar-refractivity contribution in [1.82, 2.24) is 4.98 Å². The van der Waals surface area contributed by atoms with Crippen LogP contribution in [0.4, 0.5) is 0 Å². The van der Waals surface area contributed by atoms with Gasteiger partial charge in [-0.3, -0.25) is 4.79 Å². The summed E-state index contributed by atoms with van der Waals surface area (Å²) in [6.45, 7) is 4.00. The number of benzene rings is 1. The fourth-order valence-corrected chi connectivity index (χ4v) is 3.88. The summed E-state index contributed by atoms with van der Waals surface area (Å²) in [5.74, 6) is -0.931. The van der Waals surface area contributed by atoms with Gasteiger partial charge in [0.05, 0.1) is 21.1 Å². The van der Waals surface area contributed by atoms with Crippen LogP contribution in [-0.4, -0.2) is 16.1 Å². The number of aliphatic carboxylic acids is 1. The average Bonchev–Trinajstić information content (AvgIpc) is 2.68. The van der Waals surface area contributed by atoms with E-state index < -0.39 is 5.97 Å². The van der Waals surface area contributed by atoms with Crippen LogP contribution in [0.2, 0.25) is 0 Å². The zero-order valence-electron chi connectivity index (χ0n) is 9.68. The predicted molar refractivity (Wildman–Crippen MR) is 67.3 cm³/mol. The van der Waals surface area contributed by atoms with Crippen molar-refractivity contribution in [1.29, 1.82) is 0 Å². The maximum Gasteiger partial charge on any atom is 0.307 e. The number of thiazole rings is 1. The Hall–Kier alpha value is -1.42. The highest BCUT2D eigenvalue weighted by Crippen LogP contribution is 2.65. The van der Waals surface area contributed by atoms with Crippen LogP contribution in [-0.2, 0) is 4.79 Å². The molecule has 2 unspecified atom stereocenters. The van der Waals surface area contributed by atoms with Gasteiger partial charge in [-0.1, -0.05) is 26.0 Å². The fourth-order valence-electron chi connectivity index (χ4n) is 2.58. The maximum absolute atomic E-state index is 11.2. The maximum atomic E-state index is 11.2. The van der Waals surface area contributed by atoms with E-state index in [0.29, 0.717) is 0 Å². The number of carboxylic acid groups (broad SMARTS) is 1. The van der Waals surface area contributed by atoms with E-state index in [1.54, 1.807) is 11.3 Å². The quantitative estimate of drug-likeness (QED) is 0.887. The van der Waals surface area contributed by atoms with E-state index in [-0.39, 0.29) is 17.3 Å². The first-order chi connectivity index (χ1) is 8.01. The molecule has 1 N–H and O–H groups in total. The van der Waals surface area contributed by atoms with Crippen LogP contribution in [0.3, 0.4) is 0 Å². The molecule has 17 heavy (non-hydrogen) atoms. The van der Waals surface area contributed by atoms with Gasteiger partial charge in [0.1, 0.15) is 0 Å². The molecule has 4 heteroatoms. The van der Waals surface area contributed by atoms with E-state index >= 15 is 0 Å². The van der Waals surface area contributed by atoms with Gasteiger partial charge in [0, 0.05) is 5.92 Å². The van der Waals surface area contributed by atoms with Crippen LogP contribution in [0.15, 0.2) is 24.3 Å². The molecule has 0 bridgehead atoms. The van der Waals surface area contributed by atoms with Gasteiger partial charge >= 0.3 is 5.97 Å². The number of hydrogen-bond acceptors (Lipinski definition) is 3. The van der Waals surface area contributed by atoms with Crippen molar-refractivity contribution >= 4 is 27.5 Å². The highest BCUT2D eigenvalue weighted by atomic mass is 32.1. The molecule has 1 aliphatic carbocycles. The standard InChI is InChI=1S/C13H13NO2S/c1-13(2)9(10(13)12(15)16)11-14-7-5-3-4-6-8(7)17-11/h3-6,9-10H,1-2H3,(H,15,16). The van der Waals surface area contributed by atoms with Gasteiger partial charge in [0.25, 0.3) is 0 Å². The van der Waals surface area contributed by atoms with Gasteiger partial charge in [-0.15, -0.1) is 11.3 Å². The van der Waals surface area contributed by atoms with Gasteiger partial charge in [0.15, 0.2) is 0 Å². The highest BCUT2D eigenvalue weighted by Gasteiger charge is 2.64. The number of hydrogen-bond donors (Lipinski definition) is 1. The molecule has 1 aliphatic rings. The Morgan fingerprint density at radius 1 is 1.41 bits per heavy atom. The Labute approximate surface area is 103 Å². The first-order valence-electron chi connectivity index (χ1n) is 5.60. The molecule has 0 radical (unpaired) electrons. The third kappa shape index (κ3) is 1.47. The molecule has 1 aromatic carbocycles. The molecule has 2 atom stereocenters. The second-order valence-electron chi connectivity index (χ2n) is 5.13. The molecular formula is C13H13NO2S. The van der Waals surface area contributed by atoms with Crippen molar-refractivity contribution in [2.45, 2.75) is 19.8 Å². The lowest BCUT2D eigenvalue weighted by Crippen LogP contribution is -2.03. The van der Waals surface area contributed by atoms with Gasteiger partial charge in [0.2, 0.25) is 0 Å². The zero-order chi connectivity index (χ0) is 12.2. The minimum atomic E-state index is -0.709. The normalized spacial score (nSPS) is 26.0. The topological polar surface area (TPSA) is 50.2 Å². The molecule has 1 fully saturated rings. The molecule has 1 saturated carbocycles. The van der Waals surface area contributed by atoms with E-state index in [1.165, 1.54) is 0 Å². The van der Waals surface area contributed by atoms with Gasteiger partial charge in [-0.25, -0.2) is 4.98 Å². The van der Waals surface area contributed by atoms with Crippen molar-refractivity contribution in [2.75, 3.05) is 0 Å². The van der Waals surface area contributed by atoms with E-state index in [0.717, 1.165) is 15.2 Å². The Balaban J connectivity index is 2.03. The number of aromatic nitrogens is 1. The van der Waals surface area contributed by atoms with Gasteiger partial charge in [-0.2, -0.15) is 0 Å². The average molecular weight is 247 g/mol. The molecule has 1 aromatic heterocycles. The molecule has 0 aliphatic heterocycles. The molecule has 0 amide bonds. The summed E-state index contributed by atoms with van der Waals surface area (Å²) in [6, 6.07) is 7.94. The van der Waals surface area contributed by atoms with Crippen molar-refractivity contribution in [3.63, 3.8) is 0 Å². The first kappa shape index (κ1) is 10.7. The summed E-state index contributed by atoms with van der Waals surface area (Å²) in [5, 5.41) is 10.1. The first-order valence-corrected chi connectivity index (χ1v) is 6.42. The zero-order valence-corrected chi connectivity index (χ0v) is 10.5. The Kier molecular flexibility index (Phi) is 2.08. The second kappa shape index (κ2) is 3.29. The number of carbonyl (C=O) groups is 1. The van der Waals surface area contributed by atoms with Crippen LogP contribution < -0.4 is 0 Å². The summed E-state index contributed by atoms with van der Waals surface area (Å²) in [4.78, 5) is 15.7. The van der Waals surface area contributed by atoms with E-state index in [9.17, 15) is 9.90 Å². The van der Waals surface area contributed by atoms with Crippen molar-refractivity contribution < 1.29 is 9.90 Å². The van der Waals surface area contributed by atoms with Crippen LogP contribution in [0.5, 0.6) is 0 Å². The van der Waals surface area contributed by atoms with Crippen molar-refractivity contribution in [3.05, 3.63) is 29.3 Å². The van der Waals surface area contributed by atoms with E-state index in [1.807, 2.05) is 38.1 Å². The molecule has 0 spiro atoms. The SMILES string of the molecule is CC1(C)C(C(=O)O)C1c1nc2ccccc2s1. The number of nitrogens with zero attached hydrogens (tertiary/aromatic N) is 1. The van der Waals surface area contributed by atoms with Crippen LogP contribution in [0.1, 0.15) is 24.8 Å². The van der Waals surface area contributed by atoms with Crippen LogP contribution in [0, 0.1) is 11.3 Å². The minimum absolute atomic E-state index is 0.0670. The lowest BCUT2D eigenvalue weighted by atomic mass is 10.1. The third-order valence-corrected chi connectivity index (χ3v) is 4.79. The van der Waals surface area contributed by atoms with Crippen LogP contribution in [0.25, 0.3) is 10.2 Å². The largest absolute Gasteiger partial charge is 0.481 e. The minimum Gasteiger partial charge on any atom is -0.481 e. The molecule has 0 saturated heterocycles. The van der Waals surface area contributed by atoms with E-state index in [2.05, 4.69) is 4.98 Å². The van der Waals surface area contributed by atoms with Crippen LogP contribution >= 0.6 is 11.3 Å². The highest BCUT2D eigenvalue weighted by molar-refractivity contribution is 7.18. The number of rotatable bonds is 2. The van der Waals surface area contributed by atoms with Gasteiger partial charge in [-0.05, 0) is 17.5 Å². The number of carboxylic acids is 1. The molecule has 1 heterocycles. The van der Waals surface area contributed by atoms with Crippen molar-refractivity contribution in [3.8, 4) is 0 Å².